The summed E-state index contributed by atoms with van der Waals surface area (Å²) in [6.07, 6.45) is 6.35. The van der Waals surface area contributed by atoms with Gasteiger partial charge in [-0.25, -0.2) is 9.59 Å². The van der Waals surface area contributed by atoms with E-state index >= 15 is 0 Å². The normalized spacial score (nSPS) is 16.3. The molecule has 1 aliphatic carbocycles. The molecule has 1 aromatic carbocycles. The second kappa shape index (κ2) is 13.9. The monoisotopic (exact) mass is 566 g/mol. The number of benzene rings is 1. The first-order chi connectivity index (χ1) is 16.7. The zero-order valence-electron chi connectivity index (χ0n) is 19.0. The molecule has 0 saturated carbocycles. The number of carboxylic acid groups (broad SMARTS) is 2. The van der Waals surface area contributed by atoms with Crippen molar-refractivity contribution in [3.63, 3.8) is 0 Å². The third-order valence-electron chi connectivity index (χ3n) is 5.15. The molecule has 1 aromatic heterocycles. The van der Waals surface area contributed by atoms with Crippen molar-refractivity contribution in [2.75, 3.05) is 6.54 Å². The average molecular weight is 567 g/mol. The Bertz CT molecular complexity index is 1120. The van der Waals surface area contributed by atoms with Crippen LogP contribution in [0.25, 0.3) is 6.08 Å². The highest BCUT2D eigenvalue weighted by Crippen LogP contribution is 2.30. The zero-order valence-corrected chi connectivity index (χ0v) is 21.4. The summed E-state index contributed by atoms with van der Waals surface area (Å²) in [5.74, 6) is -2.37. The first kappa shape index (κ1) is 28.4. The molecule has 11 heteroatoms. The molecule has 3 atom stereocenters. The summed E-state index contributed by atoms with van der Waals surface area (Å²) in [4.78, 5) is 43.8. The Morgan fingerprint density at radius 2 is 1.83 bits per heavy atom. The Morgan fingerprint density at radius 1 is 1.20 bits per heavy atom. The van der Waals surface area contributed by atoms with Gasteiger partial charge < -0.3 is 20.7 Å². The van der Waals surface area contributed by atoms with E-state index in [2.05, 4.69) is 39.4 Å². The topological polar surface area (TPSA) is 160 Å². The van der Waals surface area contributed by atoms with E-state index in [1.807, 2.05) is 12.1 Å². The summed E-state index contributed by atoms with van der Waals surface area (Å²) in [6, 6.07) is 8.32. The van der Waals surface area contributed by atoms with Gasteiger partial charge >= 0.3 is 11.9 Å². The second-order valence-electron chi connectivity index (χ2n) is 7.70. The van der Waals surface area contributed by atoms with Gasteiger partial charge in [-0.15, -0.1) is 0 Å². The number of nitrogens with one attached hydrogen (secondary N) is 1. The van der Waals surface area contributed by atoms with Gasteiger partial charge in [0.05, 0.1) is 11.7 Å². The number of hydrogen-bond donors (Lipinski definition) is 4. The number of aromatic nitrogens is 1. The van der Waals surface area contributed by atoms with Crippen molar-refractivity contribution in [2.24, 2.45) is 5.73 Å². The third kappa shape index (κ3) is 8.70. The quantitative estimate of drug-likeness (QED) is 0.316. The molecule has 5 N–H and O–H groups in total. The number of rotatable bonds is 10. The molecule has 0 amide bonds. The minimum absolute atomic E-state index is 0.176. The number of Topliss-reactive ketones (excluding diaryl/α,β-unsaturated/α-hetero) is 1. The maximum Gasteiger partial charge on any atom is 0.328 e. The molecular formula is C24H27BrN2O7S. The molecule has 3 rings (SSSR count). The predicted octanol–water partition coefficient (Wildman–Crippen LogP) is 3.81. The van der Waals surface area contributed by atoms with E-state index in [0.29, 0.717) is 35.1 Å². The summed E-state index contributed by atoms with van der Waals surface area (Å²) in [5.41, 5.74) is 7.40. The van der Waals surface area contributed by atoms with Crippen LogP contribution in [0.3, 0.4) is 0 Å². The van der Waals surface area contributed by atoms with Crippen LogP contribution in [-0.4, -0.2) is 51.1 Å². The molecule has 3 unspecified atom stereocenters. The van der Waals surface area contributed by atoms with Crippen molar-refractivity contribution in [1.82, 2.24) is 4.37 Å². The van der Waals surface area contributed by atoms with Gasteiger partial charge in [0, 0.05) is 23.2 Å². The number of carboxylic acids is 2. The molecular weight excluding hydrogens is 540 g/mol. The van der Waals surface area contributed by atoms with Gasteiger partial charge in [-0.2, -0.15) is 0 Å². The minimum atomic E-state index is -1.26. The number of hydrogen-bond acceptors (Lipinski definition) is 7. The SMILES string of the molecule is CCCC(CC(CN)OC1C=Cc2c(s[nH]c2=O)C1=O)c1ccc(Br)cc1.O=C(O)/C=C/C(=O)O. The van der Waals surface area contributed by atoms with Gasteiger partial charge in [0.2, 0.25) is 5.78 Å². The van der Waals surface area contributed by atoms with Gasteiger partial charge in [-0.05, 0) is 48.6 Å². The Kier molecular flexibility index (Phi) is 11.3. The van der Waals surface area contributed by atoms with E-state index in [1.54, 1.807) is 12.2 Å². The lowest BCUT2D eigenvalue weighted by Gasteiger charge is -2.26. The van der Waals surface area contributed by atoms with Gasteiger partial charge in [0.25, 0.3) is 5.56 Å². The lowest BCUT2D eigenvalue weighted by Crippen LogP contribution is -2.35. The number of ether oxygens (including phenoxy) is 1. The molecule has 2 aromatic rings. The van der Waals surface area contributed by atoms with Crippen LogP contribution < -0.4 is 11.3 Å². The number of fused-ring (bicyclic) bond motifs is 1. The van der Waals surface area contributed by atoms with E-state index in [1.165, 1.54) is 5.56 Å². The van der Waals surface area contributed by atoms with E-state index in [4.69, 9.17) is 20.7 Å². The minimum Gasteiger partial charge on any atom is -0.478 e. The van der Waals surface area contributed by atoms with E-state index in [-0.39, 0.29) is 17.4 Å². The summed E-state index contributed by atoms with van der Waals surface area (Å²) < 4.78 is 9.71. The fourth-order valence-corrected chi connectivity index (χ4v) is 4.59. The number of ketones is 1. The summed E-state index contributed by atoms with van der Waals surface area (Å²) in [6.45, 7) is 2.50. The Labute approximate surface area is 214 Å². The molecule has 0 radical (unpaired) electrons. The molecule has 0 fully saturated rings. The molecule has 0 saturated heterocycles. The summed E-state index contributed by atoms with van der Waals surface area (Å²) in [5, 5.41) is 15.6. The van der Waals surface area contributed by atoms with Crippen LogP contribution in [0.2, 0.25) is 0 Å². The number of nitrogens with two attached hydrogens (primary N) is 1. The molecule has 0 bridgehead atoms. The van der Waals surface area contributed by atoms with Crippen LogP contribution in [0.15, 0.2) is 51.8 Å². The number of halogens is 1. The van der Waals surface area contributed by atoms with Crippen LogP contribution in [0.1, 0.15) is 52.9 Å². The number of H-pyrrole nitrogens is 1. The van der Waals surface area contributed by atoms with Crippen LogP contribution in [0.5, 0.6) is 0 Å². The Morgan fingerprint density at radius 3 is 2.37 bits per heavy atom. The van der Waals surface area contributed by atoms with E-state index < -0.39 is 18.0 Å². The molecule has 35 heavy (non-hydrogen) atoms. The van der Waals surface area contributed by atoms with E-state index in [9.17, 15) is 19.2 Å². The molecule has 9 nitrogen and oxygen atoms in total. The molecule has 0 spiro atoms. The fourth-order valence-electron chi connectivity index (χ4n) is 3.53. The molecule has 1 aliphatic rings. The maximum atomic E-state index is 12.6. The third-order valence-corrected chi connectivity index (χ3v) is 6.59. The Hall–Kier alpha value is -2.86. The highest BCUT2D eigenvalue weighted by molar-refractivity contribution is 9.10. The lowest BCUT2D eigenvalue weighted by molar-refractivity contribution is -0.134. The number of aromatic amines is 1. The van der Waals surface area contributed by atoms with Crippen LogP contribution in [0.4, 0.5) is 0 Å². The van der Waals surface area contributed by atoms with Gasteiger partial charge in [-0.1, -0.05) is 52.9 Å². The summed E-state index contributed by atoms with van der Waals surface area (Å²) in [7, 11) is 0. The maximum absolute atomic E-state index is 12.6. The standard InChI is InChI=1S/C20H23BrN2O3S.C4H4O4/c1-2-3-13(12-4-6-14(21)7-5-12)10-15(11-22)26-17-9-8-16-19(18(17)24)27-23-20(16)25;5-3(6)1-2-4(7)8/h4-9,13,15,17H,2-3,10-11,22H2,1H3,(H,23,25);1-2H,(H,5,6)(H,7,8)/b;2-1+. The first-order valence-electron chi connectivity index (χ1n) is 10.8. The van der Waals surface area contributed by atoms with Crippen molar-refractivity contribution in [3.8, 4) is 0 Å². The lowest BCUT2D eigenvalue weighted by atomic mass is 9.89. The smallest absolute Gasteiger partial charge is 0.328 e. The highest BCUT2D eigenvalue weighted by Gasteiger charge is 2.30. The fraction of sp³-hybridized carbons (Fsp3) is 0.333. The van der Waals surface area contributed by atoms with Crippen molar-refractivity contribution in [1.29, 1.82) is 0 Å². The number of carbonyl (C=O) groups is 3. The first-order valence-corrected chi connectivity index (χ1v) is 12.5. The van der Waals surface area contributed by atoms with Crippen LogP contribution >= 0.6 is 27.5 Å². The van der Waals surface area contributed by atoms with E-state index in [0.717, 1.165) is 35.3 Å². The van der Waals surface area contributed by atoms with Crippen molar-refractivity contribution in [3.05, 3.63) is 73.3 Å². The van der Waals surface area contributed by atoms with Crippen molar-refractivity contribution < 1.29 is 29.3 Å². The van der Waals surface area contributed by atoms with Gasteiger partial charge in [0.15, 0.2) is 0 Å². The largest absolute Gasteiger partial charge is 0.478 e. The second-order valence-corrected chi connectivity index (χ2v) is 9.43. The van der Waals surface area contributed by atoms with Crippen molar-refractivity contribution >= 4 is 51.3 Å². The van der Waals surface area contributed by atoms with Crippen molar-refractivity contribution in [2.45, 2.75) is 44.3 Å². The number of aliphatic carboxylic acids is 2. The van der Waals surface area contributed by atoms with Crippen LogP contribution in [-0.2, 0) is 14.3 Å². The molecule has 1 heterocycles. The zero-order chi connectivity index (χ0) is 26.0. The van der Waals surface area contributed by atoms with Gasteiger partial charge in [0.1, 0.15) is 11.0 Å². The van der Waals surface area contributed by atoms with Crippen LogP contribution in [0, 0.1) is 0 Å². The Balaban J connectivity index is 0.000000466. The van der Waals surface area contributed by atoms with Gasteiger partial charge in [-0.3, -0.25) is 14.0 Å². The number of carbonyl (C=O) groups excluding carboxylic acids is 1. The summed E-state index contributed by atoms with van der Waals surface area (Å²) >= 11 is 4.54. The predicted molar refractivity (Wildman–Crippen MR) is 137 cm³/mol. The molecule has 188 valence electrons. The average Bonchev–Trinajstić information content (AvgIpc) is 3.20. The molecule has 0 aliphatic heterocycles. The highest BCUT2D eigenvalue weighted by atomic mass is 79.9.